The molecule has 23 heavy (non-hydrogen) atoms. The van der Waals surface area contributed by atoms with E-state index in [-0.39, 0.29) is 23.3 Å². The smallest absolute Gasteiger partial charge is 0.306 e. The van der Waals surface area contributed by atoms with E-state index in [1.54, 1.807) is 0 Å². The third kappa shape index (κ3) is 3.26. The highest BCUT2D eigenvalue weighted by Gasteiger charge is 2.44. The van der Waals surface area contributed by atoms with Gasteiger partial charge in [0.15, 0.2) is 0 Å². The molecule has 1 aliphatic carbocycles. The molecule has 1 saturated carbocycles. The molecule has 4 nitrogen and oxygen atoms in total. The quantitative estimate of drug-likeness (QED) is 0.929. The maximum atomic E-state index is 13.0. The number of aliphatic carboxylic acids is 1. The lowest BCUT2D eigenvalue weighted by molar-refractivity contribution is -0.142. The Balaban J connectivity index is 1.71. The summed E-state index contributed by atoms with van der Waals surface area (Å²) >= 11 is 0. The second-order valence-corrected chi connectivity index (χ2v) is 7.30. The number of benzene rings is 1. The van der Waals surface area contributed by atoms with Crippen LogP contribution in [0, 0.1) is 11.8 Å². The Hall–Kier alpha value is -1.84. The average Bonchev–Trinajstić information content (AvgIpc) is 3.15. The Morgan fingerprint density at radius 1 is 1.22 bits per heavy atom. The van der Waals surface area contributed by atoms with Gasteiger partial charge in [-0.2, -0.15) is 0 Å². The molecule has 3 rings (SSSR count). The molecular formula is C19H25NO3. The fraction of sp³-hybridized carbons (Fsp3) is 0.579. The molecule has 3 atom stereocenters. The number of hydrogen-bond donors (Lipinski definition) is 1. The summed E-state index contributed by atoms with van der Waals surface area (Å²) in [5, 5.41) is 9.15. The average molecular weight is 315 g/mol. The Labute approximate surface area is 137 Å². The van der Waals surface area contributed by atoms with Crippen LogP contribution in [0.25, 0.3) is 0 Å². The van der Waals surface area contributed by atoms with Crippen LogP contribution < -0.4 is 0 Å². The van der Waals surface area contributed by atoms with Gasteiger partial charge >= 0.3 is 5.97 Å². The van der Waals surface area contributed by atoms with Crippen LogP contribution in [0.1, 0.15) is 44.6 Å². The van der Waals surface area contributed by atoms with Crippen LogP contribution >= 0.6 is 0 Å². The number of hydrogen-bond acceptors (Lipinski definition) is 2. The van der Waals surface area contributed by atoms with E-state index in [1.165, 1.54) is 5.56 Å². The highest BCUT2D eigenvalue weighted by Crippen LogP contribution is 2.38. The molecule has 1 N–H and O–H groups in total. The number of carboxylic acids is 1. The first-order valence-electron chi connectivity index (χ1n) is 8.58. The van der Waals surface area contributed by atoms with E-state index in [9.17, 15) is 9.59 Å². The molecule has 0 aromatic heterocycles. The minimum atomic E-state index is -0.756. The molecule has 4 heteroatoms. The third-order valence-corrected chi connectivity index (χ3v) is 5.57. The highest BCUT2D eigenvalue weighted by atomic mass is 16.4. The molecule has 1 unspecified atom stereocenters. The van der Waals surface area contributed by atoms with Crippen molar-refractivity contribution < 1.29 is 14.7 Å². The zero-order valence-corrected chi connectivity index (χ0v) is 13.7. The lowest BCUT2D eigenvalue weighted by Crippen LogP contribution is -2.48. The summed E-state index contributed by atoms with van der Waals surface area (Å²) in [5.41, 5.74) is 1.12. The van der Waals surface area contributed by atoms with Gasteiger partial charge in [0, 0.05) is 18.0 Å². The largest absolute Gasteiger partial charge is 0.481 e. The molecule has 124 valence electrons. The number of amides is 1. The van der Waals surface area contributed by atoms with Crippen molar-refractivity contribution in [2.24, 2.45) is 11.8 Å². The second-order valence-electron chi connectivity index (χ2n) is 7.30. The van der Waals surface area contributed by atoms with E-state index >= 15 is 0 Å². The molecule has 0 spiro atoms. The summed E-state index contributed by atoms with van der Waals surface area (Å²) in [6, 6.07) is 10.3. The first-order chi connectivity index (χ1) is 11.0. The summed E-state index contributed by atoms with van der Waals surface area (Å²) in [7, 11) is 0. The molecule has 1 amide bonds. The molecule has 0 bridgehead atoms. The molecular weight excluding hydrogens is 290 g/mol. The van der Waals surface area contributed by atoms with Crippen LogP contribution in [0.4, 0.5) is 0 Å². The SMILES string of the molecule is CC1(Cc2ccccc2)CCCN1C(=O)[C@@H]1CC[C@H](C(=O)O)C1. The van der Waals surface area contributed by atoms with Crippen molar-refractivity contribution in [2.45, 2.75) is 51.0 Å². The van der Waals surface area contributed by atoms with Crippen molar-refractivity contribution in [3.63, 3.8) is 0 Å². The summed E-state index contributed by atoms with van der Waals surface area (Å²) in [6.07, 6.45) is 4.77. The molecule has 1 aliphatic heterocycles. The molecule has 1 aromatic carbocycles. The van der Waals surface area contributed by atoms with Crippen LogP contribution in [0.5, 0.6) is 0 Å². The normalized spacial score (nSPS) is 30.6. The number of nitrogens with zero attached hydrogens (tertiary/aromatic N) is 1. The van der Waals surface area contributed by atoms with Crippen molar-refractivity contribution in [3.05, 3.63) is 35.9 Å². The topological polar surface area (TPSA) is 57.6 Å². The zero-order chi connectivity index (χ0) is 16.4. The zero-order valence-electron chi connectivity index (χ0n) is 13.7. The number of carbonyl (C=O) groups is 2. The van der Waals surface area contributed by atoms with Gasteiger partial charge in [0.05, 0.1) is 5.92 Å². The van der Waals surface area contributed by atoms with E-state index < -0.39 is 5.97 Å². The monoisotopic (exact) mass is 315 g/mol. The van der Waals surface area contributed by atoms with Crippen molar-refractivity contribution in [3.8, 4) is 0 Å². The van der Waals surface area contributed by atoms with Crippen LogP contribution in [0.2, 0.25) is 0 Å². The van der Waals surface area contributed by atoms with E-state index in [0.717, 1.165) is 25.8 Å². The van der Waals surface area contributed by atoms with E-state index in [2.05, 4.69) is 19.1 Å². The number of carbonyl (C=O) groups excluding carboxylic acids is 1. The van der Waals surface area contributed by atoms with Crippen molar-refractivity contribution >= 4 is 11.9 Å². The summed E-state index contributed by atoms with van der Waals surface area (Å²) in [4.78, 5) is 26.1. The lowest BCUT2D eigenvalue weighted by atomic mass is 9.89. The van der Waals surface area contributed by atoms with Gasteiger partial charge in [-0.3, -0.25) is 9.59 Å². The summed E-state index contributed by atoms with van der Waals surface area (Å²) in [5.74, 6) is -1.03. The van der Waals surface area contributed by atoms with Crippen LogP contribution in [0.15, 0.2) is 30.3 Å². The fourth-order valence-electron chi connectivity index (χ4n) is 4.27. The van der Waals surface area contributed by atoms with Gasteiger partial charge < -0.3 is 10.0 Å². The van der Waals surface area contributed by atoms with E-state index in [0.29, 0.717) is 19.3 Å². The Morgan fingerprint density at radius 2 is 1.91 bits per heavy atom. The van der Waals surface area contributed by atoms with Crippen molar-refractivity contribution in [1.29, 1.82) is 0 Å². The number of carboxylic acid groups (broad SMARTS) is 1. The molecule has 1 aromatic rings. The van der Waals surface area contributed by atoms with Crippen molar-refractivity contribution in [2.75, 3.05) is 6.54 Å². The summed E-state index contributed by atoms with van der Waals surface area (Å²) < 4.78 is 0. The van der Waals surface area contributed by atoms with Crippen LogP contribution in [0.3, 0.4) is 0 Å². The predicted molar refractivity (Wildman–Crippen MR) is 88.0 cm³/mol. The van der Waals surface area contributed by atoms with Gasteiger partial charge in [-0.05, 0) is 51.0 Å². The number of likely N-dealkylation sites (tertiary alicyclic amines) is 1. The maximum absolute atomic E-state index is 13.0. The molecule has 2 aliphatic rings. The third-order valence-electron chi connectivity index (χ3n) is 5.57. The number of rotatable bonds is 4. The molecule has 1 heterocycles. The molecule has 0 radical (unpaired) electrons. The lowest BCUT2D eigenvalue weighted by Gasteiger charge is -2.37. The first-order valence-corrected chi connectivity index (χ1v) is 8.58. The van der Waals surface area contributed by atoms with Crippen LogP contribution in [-0.4, -0.2) is 34.0 Å². The van der Waals surface area contributed by atoms with Gasteiger partial charge in [-0.1, -0.05) is 30.3 Å². The van der Waals surface area contributed by atoms with Gasteiger partial charge in [0.2, 0.25) is 5.91 Å². The second kappa shape index (κ2) is 6.34. The Morgan fingerprint density at radius 3 is 2.57 bits per heavy atom. The maximum Gasteiger partial charge on any atom is 0.306 e. The van der Waals surface area contributed by atoms with Crippen molar-refractivity contribution in [1.82, 2.24) is 4.90 Å². The van der Waals surface area contributed by atoms with Crippen LogP contribution in [-0.2, 0) is 16.0 Å². The van der Waals surface area contributed by atoms with Gasteiger partial charge in [0.25, 0.3) is 0 Å². The van der Waals surface area contributed by atoms with Gasteiger partial charge in [0.1, 0.15) is 0 Å². The van der Waals surface area contributed by atoms with Gasteiger partial charge in [-0.25, -0.2) is 0 Å². The van der Waals surface area contributed by atoms with Gasteiger partial charge in [-0.15, -0.1) is 0 Å². The first kappa shape index (κ1) is 16.0. The Bertz CT molecular complexity index is 586. The standard InChI is InChI=1S/C19H25NO3/c1-19(13-14-6-3-2-4-7-14)10-5-11-20(19)17(21)15-8-9-16(12-15)18(22)23/h2-4,6-7,15-16H,5,8-13H2,1H3,(H,22,23)/t15-,16+,19?/m1/s1. The molecule has 2 fully saturated rings. The summed E-state index contributed by atoms with van der Waals surface area (Å²) in [6.45, 7) is 2.98. The fourth-order valence-corrected chi connectivity index (χ4v) is 4.27. The highest BCUT2D eigenvalue weighted by molar-refractivity contribution is 5.82. The molecule has 1 saturated heterocycles. The van der Waals surface area contributed by atoms with E-state index in [1.807, 2.05) is 23.1 Å². The van der Waals surface area contributed by atoms with E-state index in [4.69, 9.17) is 5.11 Å². The minimum Gasteiger partial charge on any atom is -0.481 e. The predicted octanol–water partition coefficient (Wildman–Crippen LogP) is 3.11. The Kier molecular flexibility index (Phi) is 4.42. The minimum absolute atomic E-state index is 0.107.